The molecule has 0 amide bonds. The monoisotopic (exact) mass is 957 g/mol. The molecule has 0 aromatic carbocycles. The number of carbonyl (C=O) groups excluding carboxylic acids is 3. The van der Waals surface area contributed by atoms with Crippen molar-refractivity contribution in [1.82, 2.24) is 0 Å². The van der Waals surface area contributed by atoms with Gasteiger partial charge < -0.3 is 34.8 Å². The van der Waals surface area contributed by atoms with Crippen molar-refractivity contribution in [2.45, 2.75) is 342 Å². The summed E-state index contributed by atoms with van der Waals surface area (Å²) in [4.78, 5) is 30.7. The van der Waals surface area contributed by atoms with Gasteiger partial charge in [-0.05, 0) is 38.5 Å². The van der Waals surface area contributed by atoms with Gasteiger partial charge in [-0.3, -0.25) is 0 Å². The van der Waals surface area contributed by atoms with E-state index in [9.17, 15) is 34.8 Å². The van der Waals surface area contributed by atoms with E-state index in [0.717, 1.165) is 44.9 Å². The fraction of sp³-hybridized carbons (Fsp3) is 0.947. The number of rotatable bonds is 49. The van der Waals surface area contributed by atoms with Crippen molar-refractivity contribution in [1.29, 1.82) is 0 Å². The smallest absolute Gasteiger partial charge is 0.854 e. The summed E-state index contributed by atoms with van der Waals surface area (Å²) in [6.07, 6.45) is 60.3. The minimum Gasteiger partial charge on any atom is -0.854 e. The van der Waals surface area contributed by atoms with Gasteiger partial charge in [-0.25, -0.2) is 0 Å². The Hall–Kier alpha value is -0.916. The second kappa shape index (κ2) is 72.1. The average Bonchev–Trinajstić information content (AvgIpc) is 3.28. The third-order valence-corrected chi connectivity index (χ3v) is 12.2. The predicted molar refractivity (Wildman–Crippen MR) is 269 cm³/mol. The Morgan fingerprint density at radius 2 is 0.338 bits per heavy atom. The second-order valence-electron chi connectivity index (χ2n) is 18.9. The van der Waals surface area contributed by atoms with E-state index in [4.69, 9.17) is 0 Å². The van der Waals surface area contributed by atoms with Gasteiger partial charge >= 0.3 is 21.7 Å². The zero-order valence-electron chi connectivity index (χ0n) is 44.2. The molecule has 0 heterocycles. The topological polar surface area (TPSA) is 143 Å². The van der Waals surface area contributed by atoms with Gasteiger partial charge in [0.25, 0.3) is 0 Å². The van der Waals surface area contributed by atoms with E-state index in [1.165, 1.54) is 250 Å². The largest absolute Gasteiger partial charge is 4.00 e. The standard InChI is InChI=1S/3C18H36O2.C3H7O.Ti/c3*1-2-3-4-5-6-7-8-9-10-11-12-13-14-15-16-17-18(19)20;1-2-3-4;/h3*2-17H2,1H3,(H,19,20);2-3H2,1H3;/q;;;-1;+4/p-3. The maximum absolute atomic E-state index is 10.2. The minimum atomic E-state index is -0.903. The molecule has 0 N–H and O–H groups in total. The Balaban J connectivity index is -0.000000263. The van der Waals surface area contributed by atoms with Gasteiger partial charge in [0, 0.05) is 17.9 Å². The molecule has 0 unspecified atom stereocenters. The molecule has 0 aliphatic heterocycles. The van der Waals surface area contributed by atoms with Crippen LogP contribution in [0.25, 0.3) is 0 Å². The summed E-state index contributed by atoms with van der Waals surface area (Å²) in [6.45, 7) is 8.74. The first-order chi connectivity index (χ1) is 31.2. The van der Waals surface area contributed by atoms with Crippen LogP contribution in [0.15, 0.2) is 0 Å². The average molecular weight is 957 g/mol. The van der Waals surface area contributed by atoms with E-state index in [1.54, 1.807) is 0 Å². The van der Waals surface area contributed by atoms with Crippen molar-refractivity contribution >= 4 is 17.9 Å². The van der Waals surface area contributed by atoms with E-state index in [0.29, 0.717) is 0 Å². The summed E-state index contributed by atoms with van der Waals surface area (Å²) in [7, 11) is 0. The van der Waals surface area contributed by atoms with Gasteiger partial charge in [-0.2, -0.15) is 0 Å². The Morgan fingerprint density at radius 1 is 0.231 bits per heavy atom. The first-order valence-electron chi connectivity index (χ1n) is 28.4. The van der Waals surface area contributed by atoms with Crippen molar-refractivity contribution in [3.63, 3.8) is 0 Å². The molecule has 0 rings (SSSR count). The number of carbonyl (C=O) groups is 3. The van der Waals surface area contributed by atoms with Crippen molar-refractivity contribution in [2.75, 3.05) is 6.61 Å². The molecule has 386 valence electrons. The van der Waals surface area contributed by atoms with Crippen LogP contribution in [0.3, 0.4) is 0 Å². The van der Waals surface area contributed by atoms with E-state index in [1.807, 2.05) is 6.92 Å². The Kier molecular flexibility index (Phi) is 81.0. The fourth-order valence-corrected chi connectivity index (χ4v) is 7.92. The van der Waals surface area contributed by atoms with Crippen LogP contribution < -0.4 is 20.4 Å². The zero-order valence-corrected chi connectivity index (χ0v) is 45.8. The molecule has 0 bridgehead atoms. The maximum Gasteiger partial charge on any atom is 4.00 e. The van der Waals surface area contributed by atoms with Crippen molar-refractivity contribution in [3.05, 3.63) is 0 Å². The molecular formula is C57H112O7Ti. The van der Waals surface area contributed by atoms with Crippen LogP contribution in [-0.2, 0) is 36.1 Å². The molecule has 0 spiro atoms. The molecule has 0 saturated carbocycles. The molecule has 0 fully saturated rings. The molecule has 0 aliphatic carbocycles. The van der Waals surface area contributed by atoms with Gasteiger partial charge in [0.2, 0.25) is 0 Å². The first kappa shape index (κ1) is 73.1. The number of aliphatic carboxylic acids is 3. The summed E-state index contributed by atoms with van der Waals surface area (Å²) in [5, 5.41) is 40.0. The van der Waals surface area contributed by atoms with Gasteiger partial charge in [0.1, 0.15) is 0 Å². The summed E-state index contributed by atoms with van der Waals surface area (Å²) >= 11 is 0. The fourth-order valence-electron chi connectivity index (χ4n) is 7.92. The number of hydrogen-bond donors (Lipinski definition) is 0. The second-order valence-corrected chi connectivity index (χ2v) is 18.9. The van der Waals surface area contributed by atoms with Gasteiger partial charge in [0.05, 0.1) is 0 Å². The van der Waals surface area contributed by atoms with Crippen molar-refractivity contribution in [3.8, 4) is 0 Å². The first-order valence-corrected chi connectivity index (χ1v) is 28.4. The summed E-state index contributed by atoms with van der Waals surface area (Å²) in [6, 6.07) is 0. The Bertz CT molecular complexity index is 749. The molecule has 0 saturated heterocycles. The number of carboxylic acids is 3. The van der Waals surface area contributed by atoms with Gasteiger partial charge in [-0.15, -0.1) is 6.61 Å². The van der Waals surface area contributed by atoms with Crippen molar-refractivity contribution < 1.29 is 56.5 Å². The van der Waals surface area contributed by atoms with E-state index < -0.39 is 17.9 Å². The predicted octanol–water partition coefficient (Wildman–Crippen LogP) is 14.7. The quantitative estimate of drug-likeness (QED) is 0.0436. The third kappa shape index (κ3) is 90.2. The van der Waals surface area contributed by atoms with Crippen molar-refractivity contribution in [2.24, 2.45) is 0 Å². The SMILES string of the molecule is CCCCCCCCCCCCCCCCCC(=O)[O-].CCCCCCCCCCCCCCCCCC(=O)[O-].CCCCCCCCCCCCCCCCCC(=O)[O-].CCC[O-].[Ti+4]. The molecule has 65 heavy (non-hydrogen) atoms. The van der Waals surface area contributed by atoms with Crippen LogP contribution in [0, 0.1) is 0 Å². The zero-order chi connectivity index (χ0) is 48.1. The molecule has 0 radical (unpaired) electrons. The number of carboxylic acid groups (broad SMARTS) is 3. The van der Waals surface area contributed by atoms with E-state index >= 15 is 0 Å². The van der Waals surface area contributed by atoms with Gasteiger partial charge in [0.15, 0.2) is 0 Å². The molecule has 0 aliphatic rings. The molecular weight excluding hydrogens is 844 g/mol. The van der Waals surface area contributed by atoms with Gasteiger partial charge in [-0.1, -0.05) is 304 Å². The van der Waals surface area contributed by atoms with Crippen LogP contribution in [-0.4, -0.2) is 24.5 Å². The van der Waals surface area contributed by atoms with E-state index in [2.05, 4.69) is 20.8 Å². The van der Waals surface area contributed by atoms with Crippen LogP contribution in [0.1, 0.15) is 342 Å². The normalized spacial score (nSPS) is 10.5. The number of unbranched alkanes of at least 4 members (excludes halogenated alkanes) is 42. The van der Waals surface area contributed by atoms with Crippen LogP contribution in [0.4, 0.5) is 0 Å². The Labute approximate surface area is 421 Å². The molecule has 8 heteroatoms. The van der Waals surface area contributed by atoms with Crippen LogP contribution >= 0.6 is 0 Å². The number of hydrogen-bond acceptors (Lipinski definition) is 7. The van der Waals surface area contributed by atoms with Crippen LogP contribution in [0.2, 0.25) is 0 Å². The summed E-state index contributed by atoms with van der Waals surface area (Å²) in [5.41, 5.74) is 0. The Morgan fingerprint density at radius 3 is 0.431 bits per heavy atom. The molecule has 7 nitrogen and oxygen atoms in total. The van der Waals surface area contributed by atoms with E-state index in [-0.39, 0.29) is 47.6 Å². The molecule has 0 aromatic rings. The summed E-state index contributed by atoms with van der Waals surface area (Å²) in [5.74, 6) is -2.71. The molecule has 0 atom stereocenters. The third-order valence-electron chi connectivity index (χ3n) is 12.2. The summed E-state index contributed by atoms with van der Waals surface area (Å²) < 4.78 is 0. The molecule has 0 aromatic heterocycles. The minimum absolute atomic E-state index is 0. The van der Waals surface area contributed by atoms with Crippen LogP contribution in [0.5, 0.6) is 0 Å². The maximum atomic E-state index is 10.2.